The van der Waals surface area contributed by atoms with Gasteiger partial charge in [-0.3, -0.25) is 9.59 Å². The molecule has 0 atom stereocenters. The molecule has 2 aliphatic heterocycles. The van der Waals surface area contributed by atoms with Crippen molar-refractivity contribution in [1.29, 1.82) is 0 Å². The maximum atomic E-state index is 12.9. The lowest BCUT2D eigenvalue weighted by Gasteiger charge is -2.44. The quantitative estimate of drug-likeness (QED) is 0.618. The first-order valence-electron chi connectivity index (χ1n) is 11.7. The summed E-state index contributed by atoms with van der Waals surface area (Å²) in [6.45, 7) is 5.60. The molecular formula is C25H32N4O5. The number of aromatic nitrogens is 2. The molecule has 0 bridgehead atoms. The van der Waals surface area contributed by atoms with Crippen LogP contribution in [0.5, 0.6) is 17.2 Å². The lowest BCUT2D eigenvalue weighted by atomic mass is 9.82. The molecule has 34 heavy (non-hydrogen) atoms. The first-order valence-corrected chi connectivity index (χ1v) is 11.7. The van der Waals surface area contributed by atoms with E-state index in [2.05, 4.69) is 15.3 Å². The molecule has 0 unspecified atom stereocenters. The number of Topliss-reactive ketones (excluding diaryl/α,β-unsaturated/α-hetero) is 1. The van der Waals surface area contributed by atoms with E-state index in [1.807, 2.05) is 24.8 Å². The van der Waals surface area contributed by atoms with E-state index >= 15 is 0 Å². The summed E-state index contributed by atoms with van der Waals surface area (Å²) in [5, 5.41) is 3.19. The van der Waals surface area contributed by atoms with E-state index in [9.17, 15) is 9.59 Å². The molecule has 0 aliphatic carbocycles. The number of nitrogens with one attached hydrogen (secondary N) is 1. The number of ether oxygens (including phenoxy) is 3. The molecule has 1 saturated heterocycles. The molecule has 1 aromatic heterocycles. The van der Waals surface area contributed by atoms with Crippen molar-refractivity contribution in [1.82, 2.24) is 14.9 Å². The average Bonchev–Trinajstić information content (AvgIpc) is 2.80. The van der Waals surface area contributed by atoms with Crippen molar-refractivity contribution in [2.24, 2.45) is 0 Å². The van der Waals surface area contributed by atoms with E-state index < -0.39 is 5.60 Å². The van der Waals surface area contributed by atoms with Crippen molar-refractivity contribution in [3.63, 3.8) is 0 Å². The van der Waals surface area contributed by atoms with Gasteiger partial charge >= 0.3 is 0 Å². The number of rotatable bonds is 7. The number of nitrogens with zero attached hydrogens (tertiary/aromatic N) is 3. The van der Waals surface area contributed by atoms with Crippen LogP contribution in [0.3, 0.4) is 0 Å². The Morgan fingerprint density at radius 1 is 1.15 bits per heavy atom. The van der Waals surface area contributed by atoms with Crippen LogP contribution in [0.4, 0.5) is 5.95 Å². The lowest BCUT2D eigenvalue weighted by molar-refractivity contribution is -0.134. The normalized spacial score (nSPS) is 16.6. The number of methoxy groups -OCH3 is 2. The van der Waals surface area contributed by atoms with E-state index in [1.54, 1.807) is 19.2 Å². The molecule has 4 rings (SSSR count). The number of amides is 1. The summed E-state index contributed by atoms with van der Waals surface area (Å²) in [4.78, 5) is 36.2. The summed E-state index contributed by atoms with van der Waals surface area (Å²) < 4.78 is 17.3. The van der Waals surface area contributed by atoms with Crippen LogP contribution in [0, 0.1) is 13.8 Å². The first-order chi connectivity index (χ1) is 16.3. The summed E-state index contributed by atoms with van der Waals surface area (Å²) >= 11 is 0. The third-order valence-corrected chi connectivity index (χ3v) is 6.46. The smallest absolute Gasteiger partial charge is 0.223 e. The number of aryl methyl sites for hydroxylation is 2. The second-order valence-electron chi connectivity index (χ2n) is 8.95. The van der Waals surface area contributed by atoms with Gasteiger partial charge in [0.15, 0.2) is 17.3 Å². The minimum atomic E-state index is -0.623. The largest absolute Gasteiger partial charge is 0.493 e. The van der Waals surface area contributed by atoms with Gasteiger partial charge in [-0.15, -0.1) is 0 Å². The van der Waals surface area contributed by atoms with Crippen LogP contribution in [-0.4, -0.2) is 66.0 Å². The summed E-state index contributed by atoms with van der Waals surface area (Å²) in [5.74, 6) is 2.14. The van der Waals surface area contributed by atoms with Gasteiger partial charge in [-0.05, 0) is 38.5 Å². The van der Waals surface area contributed by atoms with E-state index in [4.69, 9.17) is 14.2 Å². The Hall–Kier alpha value is -3.36. The number of anilines is 1. The zero-order valence-electron chi connectivity index (χ0n) is 20.3. The van der Waals surface area contributed by atoms with Crippen LogP contribution in [0.1, 0.15) is 53.8 Å². The molecular weight excluding hydrogens is 436 g/mol. The summed E-state index contributed by atoms with van der Waals surface area (Å²) in [5.41, 5.74) is 1.72. The number of fused-ring (bicyclic) bond motifs is 1. The molecule has 182 valence electrons. The number of carbonyl (C=O) groups is 2. The molecule has 1 fully saturated rings. The zero-order chi connectivity index (χ0) is 24.3. The van der Waals surface area contributed by atoms with E-state index in [1.165, 1.54) is 7.11 Å². The molecule has 2 aliphatic rings. The fourth-order valence-corrected chi connectivity index (χ4v) is 4.71. The summed E-state index contributed by atoms with van der Waals surface area (Å²) in [6.07, 6.45) is 2.63. The van der Waals surface area contributed by atoms with Crippen LogP contribution >= 0.6 is 0 Å². The van der Waals surface area contributed by atoms with Gasteiger partial charge in [0.25, 0.3) is 0 Å². The minimum absolute atomic E-state index is 0.0293. The summed E-state index contributed by atoms with van der Waals surface area (Å²) in [7, 11) is 3.09. The van der Waals surface area contributed by atoms with Crippen molar-refractivity contribution >= 4 is 17.6 Å². The number of hydrogen-bond donors (Lipinski definition) is 1. The van der Waals surface area contributed by atoms with Crippen LogP contribution in [0.2, 0.25) is 0 Å². The van der Waals surface area contributed by atoms with E-state index in [0.29, 0.717) is 80.5 Å². The predicted molar refractivity (Wildman–Crippen MR) is 127 cm³/mol. The fourth-order valence-electron chi connectivity index (χ4n) is 4.71. The second-order valence-corrected chi connectivity index (χ2v) is 8.95. The maximum Gasteiger partial charge on any atom is 0.223 e. The Bertz CT molecular complexity index is 1060. The Labute approximate surface area is 199 Å². The summed E-state index contributed by atoms with van der Waals surface area (Å²) in [6, 6.07) is 5.37. The van der Waals surface area contributed by atoms with Crippen LogP contribution in [0.25, 0.3) is 0 Å². The number of ketones is 1. The minimum Gasteiger partial charge on any atom is -0.493 e. The molecule has 0 saturated carbocycles. The number of likely N-dealkylation sites (tertiary alicyclic amines) is 1. The number of carbonyl (C=O) groups excluding carboxylic acids is 2. The van der Waals surface area contributed by atoms with Gasteiger partial charge in [0.1, 0.15) is 5.60 Å². The molecule has 2 aromatic rings. The number of benzene rings is 1. The Kier molecular flexibility index (Phi) is 6.90. The third kappa shape index (κ3) is 4.93. The molecule has 9 heteroatoms. The van der Waals surface area contributed by atoms with E-state index in [0.717, 1.165) is 11.4 Å². The van der Waals surface area contributed by atoms with Crippen LogP contribution < -0.4 is 19.5 Å². The van der Waals surface area contributed by atoms with Gasteiger partial charge in [0, 0.05) is 50.3 Å². The number of piperidine rings is 1. The van der Waals surface area contributed by atoms with Gasteiger partial charge in [0.05, 0.1) is 26.2 Å². The Morgan fingerprint density at radius 2 is 1.85 bits per heavy atom. The van der Waals surface area contributed by atoms with Gasteiger partial charge in [-0.1, -0.05) is 0 Å². The highest BCUT2D eigenvalue weighted by Gasteiger charge is 2.45. The lowest BCUT2D eigenvalue weighted by Crippen LogP contribution is -2.52. The Balaban J connectivity index is 1.31. The second kappa shape index (κ2) is 9.87. The zero-order valence-corrected chi connectivity index (χ0v) is 20.3. The van der Waals surface area contributed by atoms with Crippen molar-refractivity contribution in [3.8, 4) is 17.2 Å². The average molecular weight is 469 g/mol. The standard InChI is InChI=1S/C25H32N4O5/c1-16-14-17(2)28-24(27-16)26-11-5-6-21(31)29-12-9-25(10-13-29)15-19(30)18-7-8-20(32-3)23(33-4)22(18)34-25/h7-8,14H,5-6,9-13,15H2,1-4H3,(H,26,27,28). The molecule has 1 spiro atoms. The van der Waals surface area contributed by atoms with Crippen molar-refractivity contribution in [3.05, 3.63) is 35.2 Å². The SMILES string of the molecule is COc1ccc2c(c1OC)OC1(CCN(C(=O)CCCNc3nc(C)cc(C)n3)CC1)CC2=O. The van der Waals surface area contributed by atoms with Gasteiger partial charge in [-0.25, -0.2) is 9.97 Å². The highest BCUT2D eigenvalue weighted by Crippen LogP contribution is 2.47. The van der Waals surface area contributed by atoms with Gasteiger partial charge in [0.2, 0.25) is 17.6 Å². The topological polar surface area (TPSA) is 103 Å². The molecule has 1 amide bonds. The van der Waals surface area contributed by atoms with Crippen LogP contribution in [-0.2, 0) is 4.79 Å². The highest BCUT2D eigenvalue weighted by molar-refractivity contribution is 6.01. The third-order valence-electron chi connectivity index (χ3n) is 6.46. The van der Waals surface area contributed by atoms with Crippen molar-refractivity contribution < 1.29 is 23.8 Å². The fraction of sp³-hybridized carbons (Fsp3) is 0.520. The highest BCUT2D eigenvalue weighted by atomic mass is 16.5. The predicted octanol–water partition coefficient (Wildman–Crippen LogP) is 3.33. The first kappa shape index (κ1) is 23.8. The molecule has 9 nitrogen and oxygen atoms in total. The van der Waals surface area contributed by atoms with E-state index in [-0.39, 0.29) is 11.7 Å². The van der Waals surface area contributed by atoms with Gasteiger partial charge in [-0.2, -0.15) is 0 Å². The van der Waals surface area contributed by atoms with Crippen molar-refractivity contribution in [2.45, 2.75) is 51.6 Å². The van der Waals surface area contributed by atoms with Gasteiger partial charge < -0.3 is 24.4 Å². The number of hydrogen-bond acceptors (Lipinski definition) is 8. The monoisotopic (exact) mass is 468 g/mol. The molecule has 3 heterocycles. The molecule has 1 N–H and O–H groups in total. The molecule has 1 aromatic carbocycles. The maximum absolute atomic E-state index is 12.9. The molecule has 0 radical (unpaired) electrons. The Morgan fingerprint density at radius 3 is 2.50 bits per heavy atom. The van der Waals surface area contributed by atoms with Crippen LogP contribution in [0.15, 0.2) is 18.2 Å². The van der Waals surface area contributed by atoms with Crippen molar-refractivity contribution in [2.75, 3.05) is 39.2 Å².